The van der Waals surface area contributed by atoms with Crippen LogP contribution in [0.4, 0.5) is 5.69 Å². The van der Waals surface area contributed by atoms with Gasteiger partial charge in [0.2, 0.25) is 0 Å². The van der Waals surface area contributed by atoms with E-state index >= 15 is 0 Å². The first kappa shape index (κ1) is 17.4. The fourth-order valence-electron chi connectivity index (χ4n) is 2.95. The third kappa shape index (κ3) is 3.69. The fraction of sp³-hybridized carbons (Fsp3) is 0.263. The van der Waals surface area contributed by atoms with E-state index in [0.717, 1.165) is 12.8 Å². The average Bonchev–Trinajstić information content (AvgIpc) is 2.86. The highest BCUT2D eigenvalue weighted by Crippen LogP contribution is 2.25. The predicted molar refractivity (Wildman–Crippen MR) is 102 cm³/mol. The Morgan fingerprint density at radius 3 is 2.35 bits per heavy atom. The number of nitrogens with two attached hydrogens (primary N) is 1. The van der Waals surface area contributed by atoms with Crippen molar-refractivity contribution in [2.75, 3.05) is 25.5 Å². The van der Waals surface area contributed by atoms with Crippen molar-refractivity contribution in [1.29, 1.82) is 0 Å². The topological polar surface area (TPSA) is 45.0 Å². The van der Waals surface area contributed by atoms with Gasteiger partial charge in [-0.05, 0) is 42.3 Å². The van der Waals surface area contributed by atoms with Gasteiger partial charge in [-0.25, -0.2) is 0 Å². The van der Waals surface area contributed by atoms with E-state index in [9.17, 15) is 0 Å². The maximum atomic E-state index is 5.81. The lowest BCUT2D eigenvalue weighted by Crippen LogP contribution is -2.08. The quantitative estimate of drug-likeness (QED) is 0.749. The number of hydrogen-bond donors (Lipinski definition) is 2. The Morgan fingerprint density at radius 1 is 1.00 bits per heavy atom. The van der Waals surface area contributed by atoms with E-state index in [1.165, 1.54) is 33.4 Å². The molecular weight excluding hydrogens is 306 g/mol. The van der Waals surface area contributed by atoms with Crippen molar-refractivity contribution in [3.63, 3.8) is 0 Å². The largest absolute Gasteiger partial charge is 0.378 e. The first-order valence-corrected chi connectivity index (χ1v) is 7.74. The van der Waals surface area contributed by atoms with Gasteiger partial charge in [0, 0.05) is 42.8 Å². The minimum atomic E-state index is 0. The molecule has 4 heteroatoms. The van der Waals surface area contributed by atoms with Crippen molar-refractivity contribution < 1.29 is 0 Å². The number of H-pyrrole nitrogens is 1. The van der Waals surface area contributed by atoms with Crippen molar-refractivity contribution in [3.05, 3.63) is 65.4 Å². The minimum absolute atomic E-state index is 0. The van der Waals surface area contributed by atoms with Gasteiger partial charge in [-0.15, -0.1) is 12.4 Å². The zero-order chi connectivity index (χ0) is 15.5. The van der Waals surface area contributed by atoms with Crippen LogP contribution in [-0.4, -0.2) is 25.6 Å². The molecule has 23 heavy (non-hydrogen) atoms. The summed E-state index contributed by atoms with van der Waals surface area (Å²) in [5.74, 6) is 0. The van der Waals surface area contributed by atoms with E-state index in [2.05, 4.69) is 72.5 Å². The van der Waals surface area contributed by atoms with Crippen LogP contribution in [-0.2, 0) is 12.8 Å². The third-order valence-electron chi connectivity index (χ3n) is 4.13. The van der Waals surface area contributed by atoms with Crippen LogP contribution in [0.1, 0.15) is 16.8 Å². The molecule has 0 aliphatic rings. The number of fused-ring (bicyclic) bond motifs is 1. The lowest BCUT2D eigenvalue weighted by molar-refractivity contribution is 0.946. The van der Waals surface area contributed by atoms with Gasteiger partial charge < -0.3 is 15.6 Å². The lowest BCUT2D eigenvalue weighted by Gasteiger charge is -2.12. The van der Waals surface area contributed by atoms with Gasteiger partial charge in [-0.1, -0.05) is 30.3 Å². The molecule has 0 radical (unpaired) electrons. The number of rotatable bonds is 5. The van der Waals surface area contributed by atoms with Gasteiger partial charge in [0.1, 0.15) is 0 Å². The highest BCUT2D eigenvalue weighted by Gasteiger charge is 2.11. The molecule has 3 aromatic rings. The number of nitrogens with one attached hydrogen (secondary N) is 1. The van der Waals surface area contributed by atoms with Gasteiger partial charge in [0.05, 0.1) is 0 Å². The first-order chi connectivity index (χ1) is 10.7. The van der Waals surface area contributed by atoms with Crippen molar-refractivity contribution in [1.82, 2.24) is 4.98 Å². The van der Waals surface area contributed by atoms with Gasteiger partial charge in [0.15, 0.2) is 0 Å². The zero-order valence-corrected chi connectivity index (χ0v) is 14.5. The summed E-state index contributed by atoms with van der Waals surface area (Å²) >= 11 is 0. The monoisotopic (exact) mass is 329 g/mol. The van der Waals surface area contributed by atoms with Crippen LogP contribution in [0, 0.1) is 0 Å². The van der Waals surface area contributed by atoms with Gasteiger partial charge >= 0.3 is 0 Å². The number of aromatic amines is 1. The predicted octanol–water partition coefficient (Wildman–Crippen LogP) is 3.75. The molecule has 0 amide bonds. The molecule has 0 fully saturated rings. The average molecular weight is 330 g/mol. The van der Waals surface area contributed by atoms with Crippen molar-refractivity contribution in [2.45, 2.75) is 12.8 Å². The van der Waals surface area contributed by atoms with E-state index in [1.807, 2.05) is 0 Å². The van der Waals surface area contributed by atoms with Crippen LogP contribution < -0.4 is 10.6 Å². The molecule has 0 saturated heterocycles. The Hall–Kier alpha value is -1.97. The number of nitrogens with zero attached hydrogens (tertiary/aromatic N) is 1. The van der Waals surface area contributed by atoms with Crippen LogP contribution in [0.2, 0.25) is 0 Å². The highest BCUT2D eigenvalue weighted by molar-refractivity contribution is 5.85. The molecule has 0 aliphatic carbocycles. The summed E-state index contributed by atoms with van der Waals surface area (Å²) in [6.45, 7) is 0.675. The normalized spacial score (nSPS) is 10.6. The van der Waals surface area contributed by atoms with E-state index in [4.69, 9.17) is 5.73 Å². The Labute approximate surface area is 143 Å². The second kappa shape index (κ2) is 7.53. The SMILES string of the molecule is CN(C)c1ccc(Cc2[nH]c3ccccc3c2CCN)cc1.Cl. The van der Waals surface area contributed by atoms with Crippen molar-refractivity contribution in [2.24, 2.45) is 5.73 Å². The molecule has 3 rings (SSSR count). The second-order valence-corrected chi connectivity index (χ2v) is 5.90. The number of para-hydroxylation sites is 1. The van der Waals surface area contributed by atoms with Gasteiger partial charge in [0.25, 0.3) is 0 Å². The smallest absolute Gasteiger partial charge is 0.0459 e. The Bertz CT molecular complexity index is 760. The molecule has 1 aromatic heterocycles. The number of aromatic nitrogens is 1. The summed E-state index contributed by atoms with van der Waals surface area (Å²) in [5, 5.41) is 1.30. The van der Waals surface area contributed by atoms with E-state index in [1.54, 1.807) is 0 Å². The van der Waals surface area contributed by atoms with Gasteiger partial charge in [-0.2, -0.15) is 0 Å². The highest BCUT2D eigenvalue weighted by atomic mass is 35.5. The number of halogens is 1. The molecule has 122 valence electrons. The maximum absolute atomic E-state index is 5.81. The molecule has 1 heterocycles. The Morgan fingerprint density at radius 2 is 1.70 bits per heavy atom. The molecular formula is C19H24ClN3. The molecule has 0 spiro atoms. The zero-order valence-electron chi connectivity index (χ0n) is 13.7. The standard InChI is InChI=1S/C19H23N3.ClH/c1-22(2)15-9-7-14(8-10-15)13-19-17(11-12-20)16-5-3-4-6-18(16)21-19;/h3-10,21H,11-13,20H2,1-2H3;1H. The summed E-state index contributed by atoms with van der Waals surface area (Å²) in [4.78, 5) is 5.69. The Kier molecular flexibility index (Phi) is 5.69. The Balaban J connectivity index is 0.00000192. The van der Waals surface area contributed by atoms with Crippen LogP contribution >= 0.6 is 12.4 Å². The summed E-state index contributed by atoms with van der Waals surface area (Å²) < 4.78 is 0. The van der Waals surface area contributed by atoms with Gasteiger partial charge in [-0.3, -0.25) is 0 Å². The second-order valence-electron chi connectivity index (χ2n) is 5.90. The molecule has 3 N–H and O–H groups in total. The van der Waals surface area contributed by atoms with Crippen LogP contribution in [0.25, 0.3) is 10.9 Å². The molecule has 3 nitrogen and oxygen atoms in total. The third-order valence-corrected chi connectivity index (χ3v) is 4.13. The molecule has 0 unspecified atom stereocenters. The molecule has 0 bridgehead atoms. The minimum Gasteiger partial charge on any atom is -0.378 e. The van der Waals surface area contributed by atoms with Crippen molar-refractivity contribution in [3.8, 4) is 0 Å². The number of anilines is 1. The van der Waals surface area contributed by atoms with Crippen LogP contribution in [0.3, 0.4) is 0 Å². The van der Waals surface area contributed by atoms with E-state index in [-0.39, 0.29) is 12.4 Å². The summed E-state index contributed by atoms with van der Waals surface area (Å²) in [7, 11) is 4.12. The summed E-state index contributed by atoms with van der Waals surface area (Å²) in [5.41, 5.74) is 12.2. The lowest BCUT2D eigenvalue weighted by atomic mass is 10.0. The molecule has 0 atom stereocenters. The summed E-state index contributed by atoms with van der Waals surface area (Å²) in [6, 6.07) is 17.2. The molecule has 0 aliphatic heterocycles. The fourth-order valence-corrected chi connectivity index (χ4v) is 2.95. The van der Waals surface area contributed by atoms with Crippen molar-refractivity contribution >= 4 is 29.0 Å². The number of benzene rings is 2. The molecule has 2 aromatic carbocycles. The molecule has 0 saturated carbocycles. The van der Waals surface area contributed by atoms with Crippen LogP contribution in [0.5, 0.6) is 0 Å². The van der Waals surface area contributed by atoms with Crippen LogP contribution in [0.15, 0.2) is 48.5 Å². The maximum Gasteiger partial charge on any atom is 0.0459 e. The van der Waals surface area contributed by atoms with E-state index < -0.39 is 0 Å². The van der Waals surface area contributed by atoms with E-state index in [0.29, 0.717) is 6.54 Å². The number of hydrogen-bond acceptors (Lipinski definition) is 2. The summed E-state index contributed by atoms with van der Waals surface area (Å²) in [6.07, 6.45) is 1.83. The first-order valence-electron chi connectivity index (χ1n) is 7.74.